The smallest absolute Gasteiger partial charge is 0.329 e. The van der Waals surface area contributed by atoms with Crippen molar-refractivity contribution in [2.24, 2.45) is 4.36 Å². The maximum absolute atomic E-state index is 10.3. The van der Waals surface area contributed by atoms with Gasteiger partial charge in [-0.25, -0.2) is 9.16 Å². The zero-order valence-electron chi connectivity index (χ0n) is 6.99. The van der Waals surface area contributed by atoms with Crippen LogP contribution in [0.5, 0.6) is 0 Å². The third-order valence-electron chi connectivity index (χ3n) is 1.01. The number of nitrogens with zero attached hydrogens (tertiary/aromatic N) is 1. The first-order valence-electron chi connectivity index (χ1n) is 3.14. The first-order valence-corrected chi connectivity index (χ1v) is 5.66. The Labute approximate surface area is 87.0 Å². The molecule has 0 aliphatic carbocycles. The van der Waals surface area contributed by atoms with Crippen molar-refractivity contribution in [2.45, 2.75) is 12.5 Å². The first kappa shape index (κ1) is 14.6. The van der Waals surface area contributed by atoms with Crippen LogP contribution < -0.4 is 0 Å². The van der Waals surface area contributed by atoms with Crippen LogP contribution in [-0.4, -0.2) is 35.5 Å². The van der Waals surface area contributed by atoms with E-state index in [1.165, 1.54) is 6.38 Å². The number of alkyl halides is 1. The van der Waals surface area contributed by atoms with Crippen molar-refractivity contribution in [1.29, 1.82) is 0 Å². The fraction of sp³-hybridized carbons (Fsp3) is 0.833. The molecule has 0 radical (unpaired) electrons. The summed E-state index contributed by atoms with van der Waals surface area (Å²) in [5, 5.41) is 8.43. The predicted molar refractivity (Wildman–Crippen MR) is 56.0 cm³/mol. The van der Waals surface area contributed by atoms with E-state index >= 15 is 0 Å². The Morgan fingerprint density at radius 3 is 2.50 bits per heavy atom. The second kappa shape index (κ2) is 11.1. The quantitative estimate of drug-likeness (QED) is 0.731. The lowest BCUT2D eigenvalue weighted by atomic mass is 10.2. The molecule has 0 aliphatic rings. The van der Waals surface area contributed by atoms with Crippen molar-refractivity contribution in [2.75, 3.05) is 18.4 Å². The summed E-state index contributed by atoms with van der Waals surface area (Å²) in [4.78, 5) is 10.3. The lowest BCUT2D eigenvalue weighted by Gasteiger charge is -2.01. The molecule has 1 unspecified atom stereocenters. The normalized spacial score (nSPS) is 10.9. The number of halogens is 1. The highest BCUT2D eigenvalue weighted by Crippen LogP contribution is 2.03. The van der Waals surface area contributed by atoms with Gasteiger partial charge in [-0.2, -0.15) is 11.8 Å². The number of aliphatic carboxylic acids is 1. The van der Waals surface area contributed by atoms with Crippen LogP contribution in [0.4, 0.5) is 0 Å². The molecule has 0 fully saturated rings. The van der Waals surface area contributed by atoms with Crippen molar-refractivity contribution in [3.8, 4) is 0 Å². The van der Waals surface area contributed by atoms with Crippen LogP contribution >= 0.6 is 23.4 Å². The average molecular weight is 230 g/mol. The zero-order valence-corrected chi connectivity index (χ0v) is 9.38. The number of carbonyl (C=O) groups is 1. The Bertz CT molecular complexity index is 135. The summed E-state index contributed by atoms with van der Waals surface area (Å²) in [6.07, 6.45) is 3.92. The van der Waals surface area contributed by atoms with Crippen LogP contribution in [-0.2, 0) is 17.2 Å². The molecule has 0 saturated carbocycles. The van der Waals surface area contributed by atoms with Crippen molar-refractivity contribution < 1.29 is 9.90 Å². The molecular weight excluding hydrogens is 218 g/mol. The average Bonchev–Trinajstić information content (AvgIpc) is 2.09. The highest BCUT2D eigenvalue weighted by atomic mass is 35.5. The van der Waals surface area contributed by atoms with E-state index in [0.29, 0.717) is 6.42 Å². The molecule has 0 heterocycles. The summed E-state index contributed by atoms with van der Waals surface area (Å²) in [6, 6.07) is -0.692. The molecule has 1 N–H and O–H groups in total. The van der Waals surface area contributed by atoms with E-state index in [1.807, 2.05) is 6.26 Å². The molecule has 0 amide bonds. The van der Waals surface area contributed by atoms with Crippen LogP contribution in [0.15, 0.2) is 4.36 Å². The Balaban J connectivity index is 0. The Hall–Kier alpha value is 0.130. The van der Waals surface area contributed by atoms with E-state index in [4.69, 9.17) is 5.11 Å². The summed E-state index contributed by atoms with van der Waals surface area (Å²) < 4.78 is 3.30. The molecule has 6 heteroatoms. The van der Waals surface area contributed by atoms with Crippen molar-refractivity contribution in [3.63, 3.8) is 0 Å². The minimum Gasteiger partial charge on any atom is -0.480 e. The number of thioether (sulfide) groups is 1. The second-order valence-corrected chi connectivity index (χ2v) is 2.94. The monoisotopic (exact) mass is 229 g/mol. The van der Waals surface area contributed by atoms with E-state index in [2.05, 4.69) is 28.4 Å². The lowest BCUT2D eigenvalue weighted by Crippen LogP contribution is -2.17. The number of hydrogen-bond acceptors (Lipinski definition) is 4. The van der Waals surface area contributed by atoms with Gasteiger partial charge in [-0.3, -0.25) is 0 Å². The molecule has 0 spiro atoms. The van der Waals surface area contributed by atoms with Gasteiger partial charge < -0.3 is 5.11 Å². The fourth-order valence-electron chi connectivity index (χ4n) is 0.451. The van der Waals surface area contributed by atoms with Crippen LogP contribution in [0.25, 0.3) is 0 Å². The Morgan fingerprint density at radius 1 is 1.75 bits per heavy atom. The predicted octanol–water partition coefficient (Wildman–Crippen LogP) is 1.78. The van der Waals surface area contributed by atoms with E-state index in [-0.39, 0.29) is 0 Å². The summed E-state index contributed by atoms with van der Waals surface area (Å²) in [5.41, 5.74) is 0. The van der Waals surface area contributed by atoms with E-state index < -0.39 is 12.0 Å². The molecule has 0 aromatic heterocycles. The maximum Gasteiger partial charge on any atom is 0.329 e. The molecular formula is C6H12ClNO2S2. The summed E-state index contributed by atoms with van der Waals surface area (Å²) in [6.45, 7) is 0. The van der Waals surface area contributed by atoms with Crippen molar-refractivity contribution in [3.05, 3.63) is 0 Å². The van der Waals surface area contributed by atoms with E-state index in [0.717, 1.165) is 5.75 Å². The molecule has 0 saturated heterocycles. The SMILES string of the molecule is CCl.CSCCC(N=S)C(=O)O. The van der Waals surface area contributed by atoms with Crippen LogP contribution in [0.2, 0.25) is 0 Å². The highest BCUT2D eigenvalue weighted by molar-refractivity contribution is 7.98. The molecule has 0 aromatic carbocycles. The van der Waals surface area contributed by atoms with Gasteiger partial charge in [0.15, 0.2) is 6.04 Å². The second-order valence-electron chi connectivity index (χ2n) is 1.74. The lowest BCUT2D eigenvalue weighted by molar-refractivity contribution is -0.138. The van der Waals surface area contributed by atoms with E-state index in [9.17, 15) is 4.79 Å². The van der Waals surface area contributed by atoms with Crippen molar-refractivity contribution in [1.82, 2.24) is 0 Å². The zero-order chi connectivity index (χ0) is 9.98. The molecule has 3 nitrogen and oxygen atoms in total. The van der Waals surface area contributed by atoms with Gasteiger partial charge in [0.05, 0.1) is 0 Å². The van der Waals surface area contributed by atoms with Gasteiger partial charge in [-0.1, -0.05) is 0 Å². The van der Waals surface area contributed by atoms with Crippen LogP contribution in [0, 0.1) is 0 Å². The van der Waals surface area contributed by atoms with E-state index in [1.54, 1.807) is 11.8 Å². The minimum atomic E-state index is -0.927. The first-order chi connectivity index (χ1) is 5.72. The number of hydrogen-bond donors (Lipinski definition) is 1. The van der Waals surface area contributed by atoms with Crippen molar-refractivity contribution >= 4 is 41.8 Å². The van der Waals surface area contributed by atoms with Gasteiger partial charge in [0.2, 0.25) is 0 Å². The summed E-state index contributed by atoms with van der Waals surface area (Å²) >= 11 is 10.5. The molecule has 72 valence electrons. The third kappa shape index (κ3) is 8.23. The van der Waals surface area contributed by atoms with Gasteiger partial charge in [0, 0.05) is 18.8 Å². The number of carboxylic acids is 1. The molecule has 0 rings (SSSR count). The number of carboxylic acid groups (broad SMARTS) is 1. The van der Waals surface area contributed by atoms with Crippen LogP contribution in [0.1, 0.15) is 6.42 Å². The standard InChI is InChI=1S/C5H9NO2S2.CH3Cl/c1-10-3-2-4(6-9)5(7)8;1-2/h4H,2-3H2,1H3,(H,7,8);1H3. The maximum atomic E-state index is 10.3. The molecule has 0 aromatic rings. The molecule has 0 aliphatic heterocycles. The molecule has 12 heavy (non-hydrogen) atoms. The minimum absolute atomic E-state index is 0.528. The summed E-state index contributed by atoms with van der Waals surface area (Å²) in [7, 11) is 0. The van der Waals surface area contributed by atoms with Gasteiger partial charge in [-0.05, 0) is 18.4 Å². The van der Waals surface area contributed by atoms with Gasteiger partial charge in [0.1, 0.15) is 0 Å². The van der Waals surface area contributed by atoms with Gasteiger partial charge in [-0.15, -0.1) is 11.6 Å². The number of rotatable bonds is 5. The third-order valence-corrected chi connectivity index (χ3v) is 1.91. The highest BCUT2D eigenvalue weighted by Gasteiger charge is 2.13. The fourth-order valence-corrected chi connectivity index (χ4v) is 1.11. The van der Waals surface area contributed by atoms with Crippen LogP contribution in [0.3, 0.4) is 0 Å². The summed E-state index contributed by atoms with van der Waals surface area (Å²) in [5.74, 6) is -0.138. The largest absolute Gasteiger partial charge is 0.480 e. The topological polar surface area (TPSA) is 49.7 Å². The Kier molecular flexibility index (Phi) is 13.6. The molecule has 1 atom stereocenters. The molecule has 0 bridgehead atoms. The van der Waals surface area contributed by atoms with Gasteiger partial charge >= 0.3 is 5.97 Å². The van der Waals surface area contributed by atoms with Gasteiger partial charge in [0.25, 0.3) is 0 Å². The Morgan fingerprint density at radius 2 is 2.25 bits per heavy atom.